The highest BCUT2D eigenvalue weighted by molar-refractivity contribution is 6.31. The molecular weight excluding hydrogens is 253 g/mol. The van der Waals surface area contributed by atoms with Gasteiger partial charge in [0.15, 0.2) is 5.96 Å². The fraction of sp³-hybridized carbons (Fsp3) is 0.462. The first-order chi connectivity index (χ1) is 8.53. The van der Waals surface area contributed by atoms with Gasteiger partial charge in [-0.15, -0.1) is 0 Å². The lowest BCUT2D eigenvalue weighted by Crippen LogP contribution is -2.30. The maximum atomic E-state index is 13.1. The number of aliphatic imine (C=N–C) groups is 1. The third-order valence-corrected chi connectivity index (χ3v) is 3.94. The first-order valence-electron chi connectivity index (χ1n) is 6.04. The van der Waals surface area contributed by atoms with E-state index < -0.39 is 0 Å². The van der Waals surface area contributed by atoms with E-state index in [1.165, 1.54) is 12.1 Å². The topological polar surface area (TPSA) is 64.4 Å². The number of guanidine groups is 1. The Labute approximate surface area is 111 Å². The number of hydrogen-bond donors (Lipinski definition) is 2. The van der Waals surface area contributed by atoms with Crippen molar-refractivity contribution in [3.8, 4) is 0 Å². The van der Waals surface area contributed by atoms with Crippen LogP contribution in [0.4, 0.5) is 4.39 Å². The summed E-state index contributed by atoms with van der Waals surface area (Å²) in [6.45, 7) is 0.515. The number of nitrogens with zero attached hydrogens (tertiary/aromatic N) is 1. The molecule has 0 atom stereocenters. The van der Waals surface area contributed by atoms with E-state index in [0.29, 0.717) is 11.6 Å². The molecule has 1 aliphatic carbocycles. The SMILES string of the molecule is NC(N)=NCC1(c2ccc(F)cc2Cl)CCCC1. The number of benzene rings is 1. The molecule has 0 saturated heterocycles. The van der Waals surface area contributed by atoms with Crippen molar-refractivity contribution in [2.45, 2.75) is 31.1 Å². The van der Waals surface area contributed by atoms with Crippen molar-refractivity contribution in [3.05, 3.63) is 34.6 Å². The molecule has 1 aliphatic rings. The van der Waals surface area contributed by atoms with E-state index in [4.69, 9.17) is 23.1 Å². The molecule has 0 bridgehead atoms. The van der Waals surface area contributed by atoms with E-state index in [-0.39, 0.29) is 17.2 Å². The summed E-state index contributed by atoms with van der Waals surface area (Å²) in [7, 11) is 0. The van der Waals surface area contributed by atoms with Gasteiger partial charge >= 0.3 is 0 Å². The van der Waals surface area contributed by atoms with Crippen LogP contribution in [-0.2, 0) is 5.41 Å². The van der Waals surface area contributed by atoms with Gasteiger partial charge in [-0.05, 0) is 30.5 Å². The third kappa shape index (κ3) is 2.58. The van der Waals surface area contributed by atoms with Gasteiger partial charge in [-0.3, -0.25) is 4.99 Å². The minimum atomic E-state index is -0.321. The Balaban J connectivity index is 2.37. The second kappa shape index (κ2) is 5.14. The Kier molecular flexibility index (Phi) is 3.76. The Bertz CT molecular complexity index is 463. The first-order valence-corrected chi connectivity index (χ1v) is 6.42. The lowest BCUT2D eigenvalue weighted by Gasteiger charge is -2.28. The molecule has 1 saturated carbocycles. The summed E-state index contributed by atoms with van der Waals surface area (Å²) in [5.74, 6) is -0.238. The van der Waals surface area contributed by atoms with Crippen LogP contribution in [0.5, 0.6) is 0 Å². The summed E-state index contributed by atoms with van der Waals surface area (Å²) in [6.07, 6.45) is 4.20. The maximum absolute atomic E-state index is 13.1. The van der Waals surface area contributed by atoms with Gasteiger partial charge in [-0.1, -0.05) is 30.5 Å². The summed E-state index contributed by atoms with van der Waals surface area (Å²) < 4.78 is 13.1. The summed E-state index contributed by atoms with van der Waals surface area (Å²) in [4.78, 5) is 4.14. The lowest BCUT2D eigenvalue weighted by molar-refractivity contribution is 0.453. The van der Waals surface area contributed by atoms with Crippen molar-refractivity contribution in [3.63, 3.8) is 0 Å². The lowest BCUT2D eigenvalue weighted by atomic mass is 9.79. The first kappa shape index (κ1) is 13.1. The van der Waals surface area contributed by atoms with E-state index in [2.05, 4.69) is 4.99 Å². The molecule has 0 heterocycles. The third-order valence-electron chi connectivity index (χ3n) is 3.63. The molecule has 1 fully saturated rings. The molecule has 18 heavy (non-hydrogen) atoms. The molecule has 1 aromatic rings. The van der Waals surface area contributed by atoms with Crippen molar-refractivity contribution < 1.29 is 4.39 Å². The summed E-state index contributed by atoms with van der Waals surface area (Å²) in [5.41, 5.74) is 11.6. The highest BCUT2D eigenvalue weighted by atomic mass is 35.5. The van der Waals surface area contributed by atoms with Crippen molar-refractivity contribution in [1.29, 1.82) is 0 Å². The molecular formula is C13H17ClFN3. The van der Waals surface area contributed by atoms with Crippen LogP contribution < -0.4 is 11.5 Å². The van der Waals surface area contributed by atoms with Crippen LogP contribution in [0.3, 0.4) is 0 Å². The molecule has 0 spiro atoms. The second-order valence-electron chi connectivity index (χ2n) is 4.85. The molecule has 0 aliphatic heterocycles. The molecule has 0 amide bonds. The fourth-order valence-corrected chi connectivity index (χ4v) is 3.09. The maximum Gasteiger partial charge on any atom is 0.185 e. The van der Waals surface area contributed by atoms with Crippen LogP contribution in [0.25, 0.3) is 0 Å². The highest BCUT2D eigenvalue weighted by Gasteiger charge is 2.37. The molecule has 4 N–H and O–H groups in total. The number of rotatable bonds is 3. The van der Waals surface area contributed by atoms with Gasteiger partial charge in [-0.25, -0.2) is 4.39 Å². The van der Waals surface area contributed by atoms with Crippen LogP contribution in [0.1, 0.15) is 31.2 Å². The zero-order valence-electron chi connectivity index (χ0n) is 10.1. The van der Waals surface area contributed by atoms with Gasteiger partial charge in [0.2, 0.25) is 0 Å². The Hall–Kier alpha value is -1.29. The van der Waals surface area contributed by atoms with E-state index >= 15 is 0 Å². The molecule has 0 aromatic heterocycles. The summed E-state index contributed by atoms with van der Waals surface area (Å²) in [5, 5.41) is 0.461. The van der Waals surface area contributed by atoms with Gasteiger partial charge in [0, 0.05) is 10.4 Å². The van der Waals surface area contributed by atoms with Gasteiger partial charge in [0.05, 0.1) is 6.54 Å². The van der Waals surface area contributed by atoms with E-state index in [1.807, 2.05) is 0 Å². The normalized spacial score (nSPS) is 17.7. The number of nitrogens with two attached hydrogens (primary N) is 2. The van der Waals surface area contributed by atoms with Gasteiger partial charge in [0.25, 0.3) is 0 Å². The summed E-state index contributed by atoms with van der Waals surface area (Å²) >= 11 is 6.16. The minimum Gasteiger partial charge on any atom is -0.370 e. The molecule has 2 rings (SSSR count). The van der Waals surface area contributed by atoms with Crippen LogP contribution in [0.15, 0.2) is 23.2 Å². The van der Waals surface area contributed by atoms with Gasteiger partial charge in [-0.2, -0.15) is 0 Å². The van der Waals surface area contributed by atoms with E-state index in [1.54, 1.807) is 6.07 Å². The van der Waals surface area contributed by atoms with Crippen molar-refractivity contribution in [1.82, 2.24) is 0 Å². The monoisotopic (exact) mass is 269 g/mol. The fourth-order valence-electron chi connectivity index (χ4n) is 2.73. The van der Waals surface area contributed by atoms with Crippen molar-refractivity contribution >= 4 is 17.6 Å². The van der Waals surface area contributed by atoms with Crippen LogP contribution >= 0.6 is 11.6 Å². The average Bonchev–Trinajstić information content (AvgIpc) is 2.76. The van der Waals surface area contributed by atoms with Gasteiger partial charge in [0.1, 0.15) is 5.82 Å². The minimum absolute atomic E-state index is 0.0829. The molecule has 0 unspecified atom stereocenters. The van der Waals surface area contributed by atoms with Crippen molar-refractivity contribution in [2.75, 3.05) is 6.54 Å². The predicted octanol–water partition coefficient (Wildman–Crippen LogP) is 2.56. The Morgan fingerprint density at radius 2 is 2.00 bits per heavy atom. The predicted molar refractivity (Wildman–Crippen MR) is 72.2 cm³/mol. The number of halogens is 2. The number of hydrogen-bond acceptors (Lipinski definition) is 1. The smallest absolute Gasteiger partial charge is 0.185 e. The molecule has 98 valence electrons. The van der Waals surface area contributed by atoms with Crippen LogP contribution in [-0.4, -0.2) is 12.5 Å². The Morgan fingerprint density at radius 3 is 2.56 bits per heavy atom. The Morgan fingerprint density at radius 1 is 1.33 bits per heavy atom. The van der Waals surface area contributed by atoms with E-state index in [9.17, 15) is 4.39 Å². The highest BCUT2D eigenvalue weighted by Crippen LogP contribution is 2.44. The van der Waals surface area contributed by atoms with Gasteiger partial charge < -0.3 is 11.5 Å². The quantitative estimate of drug-likeness (QED) is 0.654. The van der Waals surface area contributed by atoms with Crippen molar-refractivity contribution in [2.24, 2.45) is 16.5 Å². The molecule has 3 nitrogen and oxygen atoms in total. The zero-order chi connectivity index (χ0) is 13.2. The largest absolute Gasteiger partial charge is 0.370 e. The standard InChI is InChI=1S/C13H17ClFN3/c14-11-7-9(15)3-4-10(11)13(5-1-2-6-13)8-18-12(16)17/h3-4,7H,1-2,5-6,8H2,(H4,16,17,18). The zero-order valence-corrected chi connectivity index (χ0v) is 10.9. The molecule has 0 radical (unpaired) electrons. The summed E-state index contributed by atoms with van der Waals surface area (Å²) in [6, 6.07) is 4.55. The second-order valence-corrected chi connectivity index (χ2v) is 5.26. The molecule has 5 heteroatoms. The van der Waals surface area contributed by atoms with Crippen LogP contribution in [0.2, 0.25) is 5.02 Å². The van der Waals surface area contributed by atoms with E-state index in [0.717, 1.165) is 31.2 Å². The van der Waals surface area contributed by atoms with Crippen LogP contribution in [0, 0.1) is 5.82 Å². The average molecular weight is 270 g/mol. The molecule has 1 aromatic carbocycles.